The molecule has 0 aromatic carbocycles. The van der Waals surface area contributed by atoms with Crippen LogP contribution in [-0.2, 0) is 4.79 Å². The molecule has 158 valence electrons. The number of carbonyl (C=O) groups is 1. The summed E-state index contributed by atoms with van der Waals surface area (Å²) < 4.78 is 2.25. The molecular weight excluding hydrogens is 366 g/mol. The number of likely N-dealkylation sites (tertiary alicyclic amines) is 1. The van der Waals surface area contributed by atoms with E-state index in [2.05, 4.69) is 27.1 Å². The molecule has 2 fully saturated rings. The molecule has 2 aromatic heterocycles. The summed E-state index contributed by atoms with van der Waals surface area (Å²) in [5.74, 6) is 1.73. The summed E-state index contributed by atoms with van der Waals surface area (Å²) in [5.41, 5.74) is 1.78. The molecule has 29 heavy (non-hydrogen) atoms. The number of imidazole rings is 1. The van der Waals surface area contributed by atoms with Crippen molar-refractivity contribution in [3.8, 4) is 0 Å². The van der Waals surface area contributed by atoms with Gasteiger partial charge < -0.3 is 20.1 Å². The van der Waals surface area contributed by atoms with Crippen molar-refractivity contribution in [2.75, 3.05) is 36.8 Å². The molecule has 2 aromatic rings. The predicted octanol–water partition coefficient (Wildman–Crippen LogP) is 3.58. The van der Waals surface area contributed by atoms with Gasteiger partial charge in [0.1, 0.15) is 0 Å². The number of fused-ring (bicyclic) bond motifs is 1. The molecule has 0 unspecified atom stereocenters. The van der Waals surface area contributed by atoms with Gasteiger partial charge in [-0.1, -0.05) is 26.2 Å². The molecule has 1 aliphatic carbocycles. The van der Waals surface area contributed by atoms with Gasteiger partial charge in [0, 0.05) is 38.6 Å². The second-order valence-corrected chi connectivity index (χ2v) is 8.20. The topological polar surface area (TPSA) is 88.0 Å². The number of hydrogen-bond donors (Lipinski definition) is 2. The largest absolute Gasteiger partial charge is 0.368 e. The van der Waals surface area contributed by atoms with Crippen molar-refractivity contribution < 1.29 is 4.79 Å². The zero-order valence-corrected chi connectivity index (χ0v) is 17.5. The van der Waals surface area contributed by atoms with E-state index in [9.17, 15) is 4.79 Å². The van der Waals surface area contributed by atoms with E-state index in [1.807, 2.05) is 11.2 Å². The average molecular weight is 400 g/mol. The quantitative estimate of drug-likeness (QED) is 0.627. The lowest BCUT2D eigenvalue weighted by molar-refractivity contribution is -0.127. The van der Waals surface area contributed by atoms with E-state index < -0.39 is 0 Å². The number of aromatic nitrogens is 4. The number of nitrogens with one attached hydrogen (secondary N) is 2. The highest BCUT2D eigenvalue weighted by Crippen LogP contribution is 2.31. The van der Waals surface area contributed by atoms with Crippen molar-refractivity contribution in [2.45, 2.75) is 70.8 Å². The Bertz CT molecular complexity index is 828. The summed E-state index contributed by atoms with van der Waals surface area (Å²) in [6.07, 6.45) is 11.8. The second-order valence-electron chi connectivity index (χ2n) is 8.20. The van der Waals surface area contributed by atoms with Crippen molar-refractivity contribution in [1.29, 1.82) is 0 Å². The van der Waals surface area contributed by atoms with Crippen molar-refractivity contribution in [2.24, 2.45) is 0 Å². The Kier molecular flexibility index (Phi) is 6.46. The lowest BCUT2D eigenvalue weighted by Gasteiger charge is -2.23. The highest BCUT2D eigenvalue weighted by atomic mass is 16.2. The van der Waals surface area contributed by atoms with Gasteiger partial charge in [-0.15, -0.1) is 0 Å². The zero-order chi connectivity index (χ0) is 20.1. The van der Waals surface area contributed by atoms with Crippen LogP contribution >= 0.6 is 0 Å². The molecule has 1 saturated carbocycles. The third-order valence-corrected chi connectivity index (χ3v) is 5.99. The van der Waals surface area contributed by atoms with Gasteiger partial charge in [0.2, 0.25) is 11.9 Å². The van der Waals surface area contributed by atoms with Crippen LogP contribution in [0.4, 0.5) is 11.8 Å². The number of carbonyl (C=O) groups excluding carboxylic acids is 1. The second kappa shape index (κ2) is 9.41. The zero-order valence-electron chi connectivity index (χ0n) is 17.5. The maximum Gasteiger partial charge on any atom is 0.226 e. The molecule has 4 rings (SSSR count). The van der Waals surface area contributed by atoms with Crippen LogP contribution in [0.2, 0.25) is 0 Å². The van der Waals surface area contributed by atoms with E-state index in [-0.39, 0.29) is 5.91 Å². The number of rotatable bonds is 9. The van der Waals surface area contributed by atoms with Crippen LogP contribution in [0.1, 0.15) is 70.8 Å². The van der Waals surface area contributed by atoms with Gasteiger partial charge in [-0.3, -0.25) is 4.79 Å². The summed E-state index contributed by atoms with van der Waals surface area (Å²) in [7, 11) is 0. The smallest absolute Gasteiger partial charge is 0.226 e. The maximum atomic E-state index is 11.8. The van der Waals surface area contributed by atoms with Crippen molar-refractivity contribution in [3.05, 3.63) is 6.33 Å². The van der Waals surface area contributed by atoms with Crippen LogP contribution in [0.15, 0.2) is 6.33 Å². The van der Waals surface area contributed by atoms with Crippen molar-refractivity contribution in [1.82, 2.24) is 24.4 Å². The average Bonchev–Trinajstić information content (AvgIpc) is 3.36. The molecule has 1 saturated heterocycles. The normalized spacial score (nSPS) is 18.0. The number of amides is 1. The van der Waals surface area contributed by atoms with Crippen LogP contribution in [-0.4, -0.2) is 56.5 Å². The lowest BCUT2D eigenvalue weighted by Crippen LogP contribution is -2.27. The summed E-state index contributed by atoms with van der Waals surface area (Å²) in [6, 6.07) is 0.483. The van der Waals surface area contributed by atoms with Crippen LogP contribution in [0.25, 0.3) is 11.2 Å². The van der Waals surface area contributed by atoms with Crippen LogP contribution in [0, 0.1) is 0 Å². The Morgan fingerprint density at radius 1 is 1.10 bits per heavy atom. The molecule has 3 heterocycles. The summed E-state index contributed by atoms with van der Waals surface area (Å²) in [4.78, 5) is 27.9. The van der Waals surface area contributed by atoms with Crippen LogP contribution in [0.5, 0.6) is 0 Å². The van der Waals surface area contributed by atoms with E-state index in [1.165, 1.54) is 32.1 Å². The van der Waals surface area contributed by atoms with E-state index in [4.69, 9.17) is 9.97 Å². The summed E-state index contributed by atoms with van der Waals surface area (Å²) in [5, 5.41) is 6.79. The first-order chi connectivity index (χ1) is 14.3. The first kappa shape index (κ1) is 19.9. The number of anilines is 2. The molecular formula is C21H33N7O. The molecule has 0 bridgehead atoms. The molecule has 0 spiro atoms. The van der Waals surface area contributed by atoms with Gasteiger partial charge in [-0.2, -0.15) is 9.97 Å². The minimum absolute atomic E-state index is 0.283. The Hall–Kier alpha value is -2.38. The molecule has 2 aliphatic rings. The molecule has 8 heteroatoms. The fraction of sp³-hybridized carbons (Fsp3) is 0.714. The van der Waals surface area contributed by atoms with Gasteiger partial charge in [0.05, 0.1) is 6.33 Å². The standard InChI is InChI=1S/C21H33N7O/c1-2-11-22-19-18-20(28(15-24-18)16-8-4-3-5-9-16)26-21(25-19)23-12-7-14-27-13-6-10-17(27)29/h15-16H,2-14H2,1H3,(H2,22,23,25,26). The molecule has 1 aliphatic heterocycles. The number of hydrogen-bond acceptors (Lipinski definition) is 6. The molecule has 1 amide bonds. The Balaban J connectivity index is 1.48. The van der Waals surface area contributed by atoms with Crippen molar-refractivity contribution >= 4 is 28.8 Å². The van der Waals surface area contributed by atoms with Gasteiger partial charge in [0.25, 0.3) is 0 Å². The van der Waals surface area contributed by atoms with E-state index in [0.29, 0.717) is 18.4 Å². The Morgan fingerprint density at radius 3 is 2.72 bits per heavy atom. The Labute approximate surface area is 172 Å². The third kappa shape index (κ3) is 4.62. The van der Waals surface area contributed by atoms with Crippen molar-refractivity contribution in [3.63, 3.8) is 0 Å². The van der Waals surface area contributed by atoms with E-state index in [0.717, 1.165) is 62.4 Å². The lowest BCUT2D eigenvalue weighted by atomic mass is 9.95. The van der Waals surface area contributed by atoms with Gasteiger partial charge in [-0.25, -0.2) is 4.98 Å². The SMILES string of the molecule is CCCNc1nc(NCCCN2CCCC2=O)nc2c1ncn2C1CCCCC1. The van der Waals surface area contributed by atoms with Gasteiger partial charge in [-0.05, 0) is 32.1 Å². The first-order valence-corrected chi connectivity index (χ1v) is 11.3. The predicted molar refractivity (Wildman–Crippen MR) is 115 cm³/mol. The van der Waals surface area contributed by atoms with Crippen LogP contribution in [0.3, 0.4) is 0 Å². The minimum Gasteiger partial charge on any atom is -0.368 e. The summed E-state index contributed by atoms with van der Waals surface area (Å²) >= 11 is 0. The highest BCUT2D eigenvalue weighted by Gasteiger charge is 2.21. The summed E-state index contributed by atoms with van der Waals surface area (Å²) in [6.45, 7) is 5.45. The molecule has 0 radical (unpaired) electrons. The first-order valence-electron chi connectivity index (χ1n) is 11.3. The van der Waals surface area contributed by atoms with Gasteiger partial charge >= 0.3 is 0 Å². The highest BCUT2D eigenvalue weighted by molar-refractivity contribution is 5.84. The van der Waals surface area contributed by atoms with Gasteiger partial charge in [0.15, 0.2) is 17.0 Å². The van der Waals surface area contributed by atoms with E-state index >= 15 is 0 Å². The number of nitrogens with zero attached hydrogens (tertiary/aromatic N) is 5. The fourth-order valence-electron chi connectivity index (χ4n) is 4.40. The monoisotopic (exact) mass is 399 g/mol. The van der Waals surface area contributed by atoms with E-state index in [1.54, 1.807) is 0 Å². The minimum atomic E-state index is 0.283. The Morgan fingerprint density at radius 2 is 1.97 bits per heavy atom. The third-order valence-electron chi connectivity index (χ3n) is 5.99. The molecule has 2 N–H and O–H groups in total. The van der Waals surface area contributed by atoms with Crippen LogP contribution < -0.4 is 10.6 Å². The fourth-order valence-corrected chi connectivity index (χ4v) is 4.40. The molecule has 8 nitrogen and oxygen atoms in total. The molecule has 0 atom stereocenters. The maximum absolute atomic E-state index is 11.8.